The lowest BCUT2D eigenvalue weighted by Gasteiger charge is -2.53. The minimum absolute atomic E-state index is 0.0660. The fourth-order valence-electron chi connectivity index (χ4n) is 8.42. The van der Waals surface area contributed by atoms with Crippen LogP contribution in [0.2, 0.25) is 0 Å². The molecule has 2 aromatic carbocycles. The van der Waals surface area contributed by atoms with E-state index in [0.717, 1.165) is 24.8 Å². The van der Waals surface area contributed by atoms with Crippen LogP contribution in [0.1, 0.15) is 78.3 Å². The second kappa shape index (κ2) is 7.84. The summed E-state index contributed by atoms with van der Waals surface area (Å²) >= 11 is 0. The third kappa shape index (κ3) is 2.72. The molecule has 10 nitrogen and oxygen atoms in total. The van der Waals surface area contributed by atoms with Gasteiger partial charge in [-0.15, -0.1) is 0 Å². The lowest BCUT2D eigenvalue weighted by molar-refractivity contribution is -0.124. The maximum absolute atomic E-state index is 14.2. The molecular formula is C30H31NO9. The Balaban J connectivity index is 1.76. The Morgan fingerprint density at radius 1 is 1.10 bits per heavy atom. The van der Waals surface area contributed by atoms with E-state index >= 15 is 0 Å². The number of phenols is 2. The summed E-state index contributed by atoms with van der Waals surface area (Å²) in [6.45, 7) is 6.40. The molecule has 2 aromatic rings. The van der Waals surface area contributed by atoms with E-state index in [0.29, 0.717) is 23.1 Å². The smallest absolute Gasteiger partial charge is 0.255 e. The number of aliphatic hydroxyl groups is 2. The zero-order valence-electron chi connectivity index (χ0n) is 22.7. The summed E-state index contributed by atoms with van der Waals surface area (Å²) in [6, 6.07) is 1.38. The SMILES string of the molecule is COc1cc(O)c2c(O)c3c(c4c2c1[C@]1(C4)C(C)CCCC1(C)C)C(=O)[C@H]1CC(=O)C(C(N)=O)=C(O)[C@@]1(O)C3=O. The molecule has 4 aliphatic rings. The number of rotatable bonds is 2. The number of ketones is 3. The zero-order valence-corrected chi connectivity index (χ0v) is 22.7. The monoisotopic (exact) mass is 549 g/mol. The van der Waals surface area contributed by atoms with E-state index in [2.05, 4.69) is 20.8 Å². The van der Waals surface area contributed by atoms with E-state index in [4.69, 9.17) is 10.5 Å². The van der Waals surface area contributed by atoms with E-state index in [1.807, 2.05) is 0 Å². The molecule has 1 saturated carbocycles. The molecule has 1 fully saturated rings. The van der Waals surface area contributed by atoms with Gasteiger partial charge in [-0.05, 0) is 36.2 Å². The topological polar surface area (TPSA) is 184 Å². The van der Waals surface area contributed by atoms with Crippen molar-refractivity contribution in [3.05, 3.63) is 39.7 Å². The Morgan fingerprint density at radius 3 is 2.38 bits per heavy atom. The lowest BCUT2D eigenvalue weighted by Crippen LogP contribution is -2.58. The fraction of sp³-hybridized carbons (Fsp3) is 0.467. The van der Waals surface area contributed by atoms with Crippen LogP contribution in [0, 0.1) is 17.3 Å². The lowest BCUT2D eigenvalue weighted by atomic mass is 9.50. The molecule has 6 N–H and O–H groups in total. The number of fused-ring (bicyclic) bond motifs is 4. The second-order valence-electron chi connectivity index (χ2n) is 12.4. The van der Waals surface area contributed by atoms with Crippen LogP contribution < -0.4 is 10.5 Å². The Morgan fingerprint density at radius 2 is 1.77 bits per heavy atom. The van der Waals surface area contributed by atoms with Crippen LogP contribution in [0.15, 0.2) is 17.4 Å². The van der Waals surface area contributed by atoms with Crippen LogP contribution in [0.25, 0.3) is 10.8 Å². The number of aromatic hydroxyl groups is 2. The maximum atomic E-state index is 14.2. The van der Waals surface area contributed by atoms with Gasteiger partial charge in [0.25, 0.3) is 5.91 Å². The molecule has 4 atom stereocenters. The predicted molar refractivity (Wildman–Crippen MR) is 142 cm³/mol. The molecule has 1 spiro atoms. The molecule has 1 unspecified atom stereocenters. The largest absolute Gasteiger partial charge is 0.508 e. The second-order valence-corrected chi connectivity index (χ2v) is 12.4. The highest BCUT2D eigenvalue weighted by atomic mass is 16.5. The van der Waals surface area contributed by atoms with Crippen LogP contribution in [0.4, 0.5) is 0 Å². The van der Waals surface area contributed by atoms with Crippen LogP contribution in [-0.2, 0) is 21.4 Å². The molecule has 0 heterocycles. The number of hydrogen-bond acceptors (Lipinski definition) is 9. The van der Waals surface area contributed by atoms with Gasteiger partial charge in [-0.1, -0.05) is 27.2 Å². The van der Waals surface area contributed by atoms with Crippen molar-refractivity contribution >= 4 is 34.0 Å². The first kappa shape index (κ1) is 26.3. The summed E-state index contributed by atoms with van der Waals surface area (Å²) < 4.78 is 5.76. The molecule has 10 heteroatoms. The highest BCUT2D eigenvalue weighted by Gasteiger charge is 2.64. The van der Waals surface area contributed by atoms with Crippen molar-refractivity contribution in [2.45, 2.75) is 63.9 Å². The van der Waals surface area contributed by atoms with Gasteiger partial charge in [-0.25, -0.2) is 0 Å². The number of nitrogens with two attached hydrogens (primary N) is 1. The van der Waals surface area contributed by atoms with Gasteiger partial charge in [-0.2, -0.15) is 0 Å². The van der Waals surface area contributed by atoms with Crippen LogP contribution in [0.3, 0.4) is 0 Å². The third-order valence-electron chi connectivity index (χ3n) is 10.4. The van der Waals surface area contributed by atoms with E-state index in [9.17, 15) is 39.6 Å². The molecule has 0 aromatic heterocycles. The van der Waals surface area contributed by atoms with Crippen molar-refractivity contribution in [1.82, 2.24) is 0 Å². The molecule has 0 aliphatic heterocycles. The van der Waals surface area contributed by atoms with Gasteiger partial charge in [-0.3, -0.25) is 19.2 Å². The van der Waals surface area contributed by atoms with E-state index in [-0.39, 0.29) is 28.0 Å². The first-order valence-corrected chi connectivity index (χ1v) is 13.4. The molecule has 210 valence electrons. The standard InChI is InChI=1S/C30H31NO9/c1-11-6-5-7-28(2,3)29(11)10-12-17-19(15(33)9-16(40-4)22(17)29)24(35)21-18(12)23(34)13-8-14(32)20(27(31)38)25(36)30(13,39)26(21)37/h9,11,13,33,35-36,39H,5-8,10H2,1-4H3,(H2,31,38)/t11?,13-,29+,30-/m1/s1. The minimum atomic E-state index is -2.99. The quantitative estimate of drug-likeness (QED) is 0.351. The molecule has 0 radical (unpaired) electrons. The van der Waals surface area contributed by atoms with Crippen molar-refractivity contribution in [2.75, 3.05) is 7.11 Å². The van der Waals surface area contributed by atoms with Crippen molar-refractivity contribution in [3.8, 4) is 17.2 Å². The van der Waals surface area contributed by atoms with Crippen LogP contribution in [-0.4, -0.2) is 56.4 Å². The minimum Gasteiger partial charge on any atom is -0.508 e. The first-order chi connectivity index (χ1) is 18.7. The van der Waals surface area contributed by atoms with Crippen molar-refractivity contribution in [1.29, 1.82) is 0 Å². The Kier molecular flexibility index (Phi) is 5.16. The van der Waals surface area contributed by atoms with Gasteiger partial charge in [0.2, 0.25) is 5.78 Å². The van der Waals surface area contributed by atoms with Gasteiger partial charge in [0, 0.05) is 34.4 Å². The Hall–Kier alpha value is -3.92. The molecular weight excluding hydrogens is 518 g/mol. The van der Waals surface area contributed by atoms with E-state index < -0.39 is 69.3 Å². The average Bonchev–Trinajstić information content (AvgIpc) is 3.23. The highest BCUT2D eigenvalue weighted by Crippen LogP contribution is 2.66. The molecule has 0 saturated heterocycles. The number of primary amides is 1. The average molecular weight is 550 g/mol. The van der Waals surface area contributed by atoms with Gasteiger partial charge in [0.15, 0.2) is 17.2 Å². The predicted octanol–water partition coefficient (Wildman–Crippen LogP) is 2.90. The normalized spacial score (nSPS) is 30.6. The zero-order chi connectivity index (χ0) is 29.3. The fourth-order valence-corrected chi connectivity index (χ4v) is 8.42. The van der Waals surface area contributed by atoms with Crippen molar-refractivity contribution < 1.29 is 44.3 Å². The Labute approximate surface area is 229 Å². The first-order valence-electron chi connectivity index (χ1n) is 13.4. The van der Waals surface area contributed by atoms with Crippen LogP contribution >= 0.6 is 0 Å². The van der Waals surface area contributed by atoms with Crippen LogP contribution in [0.5, 0.6) is 17.2 Å². The molecule has 6 rings (SSSR count). The number of methoxy groups -OCH3 is 1. The number of benzene rings is 2. The van der Waals surface area contributed by atoms with Gasteiger partial charge < -0.3 is 30.9 Å². The summed E-state index contributed by atoms with van der Waals surface area (Å²) in [5.74, 6) is -8.06. The summed E-state index contributed by atoms with van der Waals surface area (Å²) in [6.07, 6.45) is 2.30. The number of hydrogen-bond donors (Lipinski definition) is 5. The van der Waals surface area contributed by atoms with Crippen molar-refractivity contribution in [2.24, 2.45) is 23.0 Å². The summed E-state index contributed by atoms with van der Waals surface area (Å²) in [7, 11) is 1.48. The number of aliphatic hydroxyl groups excluding tert-OH is 1. The molecule has 1 amide bonds. The Bertz CT molecular complexity index is 1650. The molecule has 0 bridgehead atoms. The summed E-state index contributed by atoms with van der Waals surface area (Å²) in [4.78, 5) is 52.9. The summed E-state index contributed by atoms with van der Waals surface area (Å²) in [5.41, 5.74) is 0.845. The van der Waals surface area contributed by atoms with Gasteiger partial charge in [0.05, 0.1) is 24.0 Å². The maximum Gasteiger partial charge on any atom is 0.255 e. The number of carbonyl (C=O) groups is 4. The van der Waals surface area contributed by atoms with E-state index in [1.165, 1.54) is 13.2 Å². The van der Waals surface area contributed by atoms with Gasteiger partial charge >= 0.3 is 0 Å². The highest BCUT2D eigenvalue weighted by molar-refractivity contribution is 6.30. The van der Waals surface area contributed by atoms with E-state index in [1.54, 1.807) is 0 Å². The van der Waals surface area contributed by atoms with Gasteiger partial charge in [0.1, 0.15) is 28.6 Å². The summed E-state index contributed by atoms with van der Waals surface area (Å²) in [5, 5.41) is 45.4. The molecule has 4 aliphatic carbocycles. The number of phenolic OH excluding ortho intramolecular Hbond substituents is 2. The number of carbonyl (C=O) groups excluding carboxylic acids is 4. The number of Topliss-reactive ketones (excluding diaryl/α,β-unsaturated/α-hetero) is 3. The number of amides is 1. The number of ether oxygens (including phenoxy) is 1. The molecule has 40 heavy (non-hydrogen) atoms. The van der Waals surface area contributed by atoms with Crippen molar-refractivity contribution in [3.63, 3.8) is 0 Å². The third-order valence-corrected chi connectivity index (χ3v) is 10.4.